The summed E-state index contributed by atoms with van der Waals surface area (Å²) in [4.78, 5) is 9.87. The zero-order valence-corrected chi connectivity index (χ0v) is 22.3. The van der Waals surface area contributed by atoms with Gasteiger partial charge in [-0.1, -0.05) is 23.7 Å². The molecule has 7 heteroatoms. The van der Waals surface area contributed by atoms with Crippen LogP contribution in [-0.4, -0.2) is 60.9 Å². The zero-order valence-electron chi connectivity index (χ0n) is 21.6. The molecule has 0 N–H and O–H groups in total. The van der Waals surface area contributed by atoms with Gasteiger partial charge in [-0.2, -0.15) is 0 Å². The van der Waals surface area contributed by atoms with Crippen LogP contribution in [0.5, 0.6) is 11.5 Å². The molecule has 0 spiro atoms. The van der Waals surface area contributed by atoms with E-state index in [1.165, 1.54) is 5.69 Å². The monoisotopic (exact) mass is 504 g/mol. The molecule has 0 unspecified atom stereocenters. The molecule has 1 saturated heterocycles. The number of imidazole rings is 1. The standard InChI is InChI=1S/C29H33ClN4O2/c1-19(2)33-12-14-34(15-13-33)23-9-6-20(7-10-23)22-16-24(30)28-25(17-22)32(3)29(31-28)21-8-11-26(35-4)27(18-21)36-5/h6-11,16-19H,12-15H2,1-5H3. The second-order valence-corrected chi connectivity index (χ2v) is 9.96. The summed E-state index contributed by atoms with van der Waals surface area (Å²) in [5.74, 6) is 2.17. The number of hydrogen-bond donors (Lipinski definition) is 0. The Morgan fingerprint density at radius 3 is 2.11 bits per heavy atom. The van der Waals surface area contributed by atoms with Crippen LogP contribution in [0.25, 0.3) is 33.5 Å². The van der Waals surface area contributed by atoms with Crippen LogP contribution in [-0.2, 0) is 7.05 Å². The summed E-state index contributed by atoms with van der Waals surface area (Å²) in [5, 5.41) is 0.638. The maximum Gasteiger partial charge on any atom is 0.161 e. The van der Waals surface area contributed by atoms with Crippen LogP contribution >= 0.6 is 11.6 Å². The highest BCUT2D eigenvalue weighted by atomic mass is 35.5. The molecule has 6 nitrogen and oxygen atoms in total. The van der Waals surface area contributed by atoms with Gasteiger partial charge in [0.1, 0.15) is 11.3 Å². The lowest BCUT2D eigenvalue weighted by atomic mass is 10.0. The summed E-state index contributed by atoms with van der Waals surface area (Å²) in [7, 11) is 5.28. The molecule has 0 radical (unpaired) electrons. The van der Waals surface area contributed by atoms with E-state index in [1.807, 2.05) is 31.3 Å². The number of aryl methyl sites for hydroxylation is 1. The van der Waals surface area contributed by atoms with Crippen molar-refractivity contribution in [3.8, 4) is 34.0 Å². The van der Waals surface area contributed by atoms with Crippen LogP contribution < -0.4 is 14.4 Å². The minimum atomic E-state index is 0.605. The number of anilines is 1. The Balaban J connectivity index is 1.44. The highest BCUT2D eigenvalue weighted by Crippen LogP contribution is 2.36. The minimum Gasteiger partial charge on any atom is -0.493 e. The lowest BCUT2D eigenvalue weighted by molar-refractivity contribution is 0.209. The molecule has 1 aliphatic rings. The number of methoxy groups -OCH3 is 2. The number of halogens is 1. The van der Waals surface area contributed by atoms with Crippen LogP contribution in [0.15, 0.2) is 54.6 Å². The smallest absolute Gasteiger partial charge is 0.161 e. The van der Waals surface area contributed by atoms with Crippen molar-refractivity contribution in [1.29, 1.82) is 0 Å². The maximum atomic E-state index is 6.75. The largest absolute Gasteiger partial charge is 0.493 e. The van der Waals surface area contributed by atoms with E-state index >= 15 is 0 Å². The number of piperazine rings is 1. The number of aromatic nitrogens is 2. The maximum absolute atomic E-state index is 6.75. The van der Waals surface area contributed by atoms with Gasteiger partial charge >= 0.3 is 0 Å². The van der Waals surface area contributed by atoms with Gasteiger partial charge < -0.3 is 18.9 Å². The lowest BCUT2D eigenvalue weighted by Crippen LogP contribution is -2.48. The highest BCUT2D eigenvalue weighted by Gasteiger charge is 2.20. The molecular formula is C29H33ClN4O2. The summed E-state index contributed by atoms with van der Waals surface area (Å²) >= 11 is 6.75. The fraction of sp³-hybridized carbons (Fsp3) is 0.345. The van der Waals surface area contributed by atoms with Crippen molar-refractivity contribution < 1.29 is 9.47 Å². The third-order valence-corrected chi connectivity index (χ3v) is 7.48. The number of hydrogen-bond acceptors (Lipinski definition) is 5. The van der Waals surface area contributed by atoms with Gasteiger partial charge in [0.2, 0.25) is 0 Å². The Morgan fingerprint density at radius 2 is 1.47 bits per heavy atom. The minimum absolute atomic E-state index is 0.605. The molecule has 0 amide bonds. The Kier molecular flexibility index (Phi) is 6.82. The summed E-state index contributed by atoms with van der Waals surface area (Å²) in [6.07, 6.45) is 0. The van der Waals surface area contributed by atoms with Crippen LogP contribution in [0.2, 0.25) is 5.02 Å². The lowest BCUT2D eigenvalue weighted by Gasteiger charge is -2.38. The van der Waals surface area contributed by atoms with E-state index in [-0.39, 0.29) is 0 Å². The number of benzene rings is 3. The molecule has 1 aromatic heterocycles. The van der Waals surface area contributed by atoms with Crippen molar-refractivity contribution in [3.63, 3.8) is 0 Å². The Labute approximate surface area is 218 Å². The van der Waals surface area contributed by atoms with E-state index in [0.717, 1.165) is 59.7 Å². The summed E-state index contributed by atoms with van der Waals surface area (Å²) in [6, 6.07) is 19.4. The molecule has 2 heterocycles. The third kappa shape index (κ3) is 4.51. The molecule has 1 fully saturated rings. The molecule has 0 saturated carbocycles. The van der Waals surface area contributed by atoms with E-state index in [1.54, 1.807) is 14.2 Å². The third-order valence-electron chi connectivity index (χ3n) is 7.19. The van der Waals surface area contributed by atoms with Crippen molar-refractivity contribution in [2.24, 2.45) is 7.05 Å². The van der Waals surface area contributed by atoms with E-state index in [4.69, 9.17) is 26.1 Å². The molecule has 3 aromatic carbocycles. The summed E-state index contributed by atoms with van der Waals surface area (Å²) < 4.78 is 12.9. The van der Waals surface area contributed by atoms with Crippen molar-refractivity contribution >= 4 is 28.3 Å². The molecule has 1 aliphatic heterocycles. The quantitative estimate of drug-likeness (QED) is 0.317. The number of rotatable bonds is 6. The van der Waals surface area contributed by atoms with Crippen molar-refractivity contribution in [2.45, 2.75) is 19.9 Å². The van der Waals surface area contributed by atoms with Gasteiger partial charge in [-0.05, 0) is 67.4 Å². The van der Waals surface area contributed by atoms with Gasteiger partial charge in [0, 0.05) is 50.5 Å². The topological polar surface area (TPSA) is 42.8 Å². The predicted octanol–water partition coefficient (Wildman–Crippen LogP) is 6.11. The number of ether oxygens (including phenoxy) is 2. The highest BCUT2D eigenvalue weighted by molar-refractivity contribution is 6.35. The normalized spacial score (nSPS) is 14.6. The number of nitrogens with zero attached hydrogens (tertiary/aromatic N) is 4. The first kappa shape index (κ1) is 24.5. The van der Waals surface area contributed by atoms with Gasteiger partial charge in [-0.25, -0.2) is 4.98 Å². The van der Waals surface area contributed by atoms with Gasteiger partial charge in [0.05, 0.1) is 24.8 Å². The van der Waals surface area contributed by atoms with E-state index < -0.39 is 0 Å². The average molecular weight is 505 g/mol. The van der Waals surface area contributed by atoms with E-state index in [0.29, 0.717) is 22.6 Å². The average Bonchev–Trinajstić information content (AvgIpc) is 3.25. The fourth-order valence-corrected chi connectivity index (χ4v) is 5.26. The first-order valence-electron chi connectivity index (χ1n) is 12.4. The van der Waals surface area contributed by atoms with Crippen LogP contribution in [0.3, 0.4) is 0 Å². The first-order chi connectivity index (χ1) is 17.4. The van der Waals surface area contributed by atoms with Gasteiger partial charge in [0.15, 0.2) is 11.5 Å². The molecule has 0 aliphatic carbocycles. The first-order valence-corrected chi connectivity index (χ1v) is 12.7. The zero-order chi connectivity index (χ0) is 25.4. The Bertz CT molecular complexity index is 1370. The SMILES string of the molecule is COc1ccc(-c2nc3c(Cl)cc(-c4ccc(N5CCN(C(C)C)CC5)cc4)cc3n2C)cc1OC. The van der Waals surface area contributed by atoms with Gasteiger partial charge in [-0.3, -0.25) is 4.90 Å². The molecule has 0 bridgehead atoms. The van der Waals surface area contributed by atoms with Crippen LogP contribution in [0.1, 0.15) is 13.8 Å². The van der Waals surface area contributed by atoms with E-state index in [2.05, 4.69) is 58.5 Å². The molecule has 188 valence electrons. The van der Waals surface area contributed by atoms with Gasteiger partial charge in [0.25, 0.3) is 0 Å². The summed E-state index contributed by atoms with van der Waals surface area (Å²) in [6.45, 7) is 8.87. The van der Waals surface area contributed by atoms with Crippen molar-refractivity contribution in [1.82, 2.24) is 14.5 Å². The van der Waals surface area contributed by atoms with Crippen LogP contribution in [0, 0.1) is 0 Å². The van der Waals surface area contributed by atoms with Gasteiger partial charge in [-0.15, -0.1) is 0 Å². The molecule has 5 rings (SSSR count). The van der Waals surface area contributed by atoms with Crippen molar-refractivity contribution in [2.75, 3.05) is 45.3 Å². The molecular weight excluding hydrogens is 472 g/mol. The van der Waals surface area contributed by atoms with E-state index in [9.17, 15) is 0 Å². The second kappa shape index (κ2) is 10.0. The summed E-state index contributed by atoms with van der Waals surface area (Å²) in [5.41, 5.74) is 6.18. The fourth-order valence-electron chi connectivity index (χ4n) is 5.01. The molecule has 0 atom stereocenters. The Morgan fingerprint density at radius 1 is 0.806 bits per heavy atom. The molecule has 4 aromatic rings. The second-order valence-electron chi connectivity index (χ2n) is 9.55. The Hall–Kier alpha value is -3.22. The van der Waals surface area contributed by atoms with Crippen molar-refractivity contribution in [3.05, 3.63) is 59.6 Å². The molecule has 36 heavy (non-hydrogen) atoms. The van der Waals surface area contributed by atoms with Crippen LogP contribution in [0.4, 0.5) is 5.69 Å². The predicted molar refractivity (Wildman–Crippen MR) is 149 cm³/mol. The number of fused-ring (bicyclic) bond motifs is 1.